The monoisotopic (exact) mass is 222 g/mol. The summed E-state index contributed by atoms with van der Waals surface area (Å²) >= 11 is 0. The number of rotatable bonds is 6. The molecule has 2 nitrogen and oxygen atoms in total. The number of unbranched alkanes of at least 4 members (excludes halogenated alkanes) is 1. The Hall–Kier alpha value is -1.05. The van der Waals surface area contributed by atoms with Crippen LogP contribution in [0.2, 0.25) is 0 Å². The van der Waals surface area contributed by atoms with Gasteiger partial charge >= 0.3 is 5.97 Å². The van der Waals surface area contributed by atoms with E-state index in [1.165, 1.54) is 37.7 Å². The van der Waals surface area contributed by atoms with Gasteiger partial charge in [0.25, 0.3) is 0 Å². The SMILES string of the molecule is C=CCCCC(=O)OCC=C1CCCCC1. The van der Waals surface area contributed by atoms with Crippen molar-refractivity contribution in [1.82, 2.24) is 0 Å². The highest BCUT2D eigenvalue weighted by atomic mass is 16.5. The van der Waals surface area contributed by atoms with Crippen molar-refractivity contribution in [3.8, 4) is 0 Å². The molecule has 1 saturated carbocycles. The van der Waals surface area contributed by atoms with Crippen molar-refractivity contribution in [3.05, 3.63) is 24.3 Å². The van der Waals surface area contributed by atoms with Crippen LogP contribution in [-0.2, 0) is 9.53 Å². The molecular formula is C14H22O2. The van der Waals surface area contributed by atoms with Gasteiger partial charge in [-0.15, -0.1) is 6.58 Å². The van der Waals surface area contributed by atoms with E-state index < -0.39 is 0 Å². The van der Waals surface area contributed by atoms with Gasteiger partial charge in [-0.3, -0.25) is 4.79 Å². The minimum absolute atomic E-state index is 0.0884. The Labute approximate surface area is 98.4 Å². The molecule has 16 heavy (non-hydrogen) atoms. The zero-order chi connectivity index (χ0) is 11.6. The maximum atomic E-state index is 11.3. The molecule has 0 spiro atoms. The molecule has 1 fully saturated rings. The van der Waals surface area contributed by atoms with E-state index in [9.17, 15) is 4.79 Å². The third-order valence-corrected chi connectivity index (χ3v) is 2.90. The lowest BCUT2D eigenvalue weighted by atomic mass is 9.95. The number of hydrogen-bond acceptors (Lipinski definition) is 2. The summed E-state index contributed by atoms with van der Waals surface area (Å²) < 4.78 is 5.14. The molecule has 0 aromatic carbocycles. The molecule has 1 rings (SSSR count). The van der Waals surface area contributed by atoms with Crippen LogP contribution in [0.25, 0.3) is 0 Å². The van der Waals surface area contributed by atoms with Crippen molar-refractivity contribution in [2.24, 2.45) is 0 Å². The summed E-state index contributed by atoms with van der Waals surface area (Å²) in [5.74, 6) is -0.0884. The van der Waals surface area contributed by atoms with Gasteiger partial charge in [0.2, 0.25) is 0 Å². The van der Waals surface area contributed by atoms with Crippen LogP contribution in [0.1, 0.15) is 51.4 Å². The summed E-state index contributed by atoms with van der Waals surface area (Å²) in [6.07, 6.45) is 12.5. The van der Waals surface area contributed by atoms with E-state index in [1.54, 1.807) is 0 Å². The van der Waals surface area contributed by atoms with Gasteiger partial charge in [0.15, 0.2) is 0 Å². The van der Waals surface area contributed by atoms with Crippen LogP contribution in [0.4, 0.5) is 0 Å². The topological polar surface area (TPSA) is 26.3 Å². The average Bonchev–Trinajstić information content (AvgIpc) is 2.31. The third-order valence-electron chi connectivity index (χ3n) is 2.90. The molecular weight excluding hydrogens is 200 g/mol. The van der Waals surface area contributed by atoms with Crippen molar-refractivity contribution in [2.45, 2.75) is 51.4 Å². The number of hydrogen-bond donors (Lipinski definition) is 0. The second kappa shape index (κ2) is 8.14. The Morgan fingerprint density at radius 3 is 2.75 bits per heavy atom. The van der Waals surface area contributed by atoms with Gasteiger partial charge in [-0.25, -0.2) is 0 Å². The van der Waals surface area contributed by atoms with Gasteiger partial charge in [-0.2, -0.15) is 0 Å². The summed E-state index contributed by atoms with van der Waals surface area (Å²) in [5, 5.41) is 0. The normalized spacial score (nSPS) is 15.6. The lowest BCUT2D eigenvalue weighted by Crippen LogP contribution is -2.05. The largest absolute Gasteiger partial charge is 0.461 e. The van der Waals surface area contributed by atoms with E-state index in [0.29, 0.717) is 13.0 Å². The fourth-order valence-corrected chi connectivity index (χ4v) is 1.93. The Morgan fingerprint density at radius 2 is 2.06 bits per heavy atom. The maximum absolute atomic E-state index is 11.3. The van der Waals surface area contributed by atoms with Crippen molar-refractivity contribution in [2.75, 3.05) is 6.61 Å². The average molecular weight is 222 g/mol. The number of carbonyl (C=O) groups is 1. The van der Waals surface area contributed by atoms with Crippen molar-refractivity contribution in [1.29, 1.82) is 0 Å². The van der Waals surface area contributed by atoms with Gasteiger partial charge in [0.05, 0.1) is 0 Å². The van der Waals surface area contributed by atoms with Gasteiger partial charge in [-0.1, -0.05) is 18.1 Å². The molecule has 0 saturated heterocycles. The van der Waals surface area contributed by atoms with Crippen LogP contribution in [0.5, 0.6) is 0 Å². The minimum atomic E-state index is -0.0884. The summed E-state index contributed by atoms with van der Waals surface area (Å²) in [6.45, 7) is 4.08. The molecule has 0 heterocycles. The van der Waals surface area contributed by atoms with Crippen molar-refractivity contribution < 1.29 is 9.53 Å². The fraction of sp³-hybridized carbons (Fsp3) is 0.643. The van der Waals surface area contributed by atoms with Crippen LogP contribution in [0.3, 0.4) is 0 Å². The van der Waals surface area contributed by atoms with E-state index >= 15 is 0 Å². The van der Waals surface area contributed by atoms with E-state index in [1.807, 2.05) is 6.08 Å². The standard InChI is InChI=1S/C14H22O2/c1-2-3-5-10-14(15)16-12-11-13-8-6-4-7-9-13/h2,11H,1,3-10,12H2. The molecule has 0 N–H and O–H groups in total. The quantitative estimate of drug-likeness (QED) is 0.388. The second-order valence-corrected chi connectivity index (χ2v) is 4.29. The van der Waals surface area contributed by atoms with Crippen molar-refractivity contribution >= 4 is 5.97 Å². The minimum Gasteiger partial charge on any atom is -0.461 e. The smallest absolute Gasteiger partial charge is 0.306 e. The number of carbonyl (C=O) groups excluding carboxylic acids is 1. The first-order chi connectivity index (χ1) is 7.83. The zero-order valence-electron chi connectivity index (χ0n) is 10.0. The van der Waals surface area contributed by atoms with Crippen LogP contribution in [-0.4, -0.2) is 12.6 Å². The Balaban J connectivity index is 2.08. The molecule has 1 aliphatic rings. The number of ether oxygens (including phenoxy) is 1. The Kier molecular flexibility index (Phi) is 6.62. The number of esters is 1. The van der Waals surface area contributed by atoms with E-state index in [-0.39, 0.29) is 5.97 Å². The summed E-state index contributed by atoms with van der Waals surface area (Å²) in [7, 11) is 0. The summed E-state index contributed by atoms with van der Waals surface area (Å²) in [4.78, 5) is 11.3. The highest BCUT2D eigenvalue weighted by Gasteiger charge is 2.05. The van der Waals surface area contributed by atoms with E-state index in [2.05, 4.69) is 12.7 Å². The fourth-order valence-electron chi connectivity index (χ4n) is 1.93. The summed E-state index contributed by atoms with van der Waals surface area (Å²) in [5.41, 5.74) is 1.46. The first-order valence-corrected chi connectivity index (χ1v) is 6.27. The lowest BCUT2D eigenvalue weighted by Gasteiger charge is -2.13. The van der Waals surface area contributed by atoms with Crippen LogP contribution >= 0.6 is 0 Å². The van der Waals surface area contributed by atoms with Crippen LogP contribution < -0.4 is 0 Å². The molecule has 0 bridgehead atoms. The van der Waals surface area contributed by atoms with Gasteiger partial charge in [0.1, 0.15) is 6.61 Å². The molecule has 0 amide bonds. The molecule has 0 radical (unpaired) electrons. The molecule has 1 aliphatic carbocycles. The molecule has 0 unspecified atom stereocenters. The van der Waals surface area contributed by atoms with E-state index in [0.717, 1.165) is 12.8 Å². The molecule has 0 aromatic heterocycles. The zero-order valence-corrected chi connectivity index (χ0v) is 10.0. The molecule has 90 valence electrons. The Morgan fingerprint density at radius 1 is 1.31 bits per heavy atom. The lowest BCUT2D eigenvalue weighted by molar-refractivity contribution is -0.142. The molecule has 0 aromatic rings. The Bertz CT molecular complexity index is 245. The molecule has 0 aliphatic heterocycles. The van der Waals surface area contributed by atoms with Crippen LogP contribution in [0.15, 0.2) is 24.3 Å². The first kappa shape index (κ1) is 13.0. The van der Waals surface area contributed by atoms with Crippen molar-refractivity contribution in [3.63, 3.8) is 0 Å². The predicted molar refractivity (Wildman–Crippen MR) is 66.2 cm³/mol. The summed E-state index contributed by atoms with van der Waals surface area (Å²) in [6, 6.07) is 0. The van der Waals surface area contributed by atoms with Crippen LogP contribution in [0, 0.1) is 0 Å². The predicted octanol–water partition coefficient (Wildman–Crippen LogP) is 3.78. The van der Waals surface area contributed by atoms with Gasteiger partial charge < -0.3 is 4.74 Å². The highest BCUT2D eigenvalue weighted by Crippen LogP contribution is 2.22. The second-order valence-electron chi connectivity index (χ2n) is 4.29. The maximum Gasteiger partial charge on any atom is 0.306 e. The highest BCUT2D eigenvalue weighted by molar-refractivity contribution is 5.69. The van der Waals surface area contributed by atoms with E-state index in [4.69, 9.17) is 4.74 Å². The molecule has 2 heteroatoms. The van der Waals surface area contributed by atoms with Gasteiger partial charge in [-0.05, 0) is 44.6 Å². The third kappa shape index (κ3) is 5.74. The number of allylic oxidation sites excluding steroid dienone is 2. The molecule has 0 atom stereocenters. The first-order valence-electron chi connectivity index (χ1n) is 6.27. The van der Waals surface area contributed by atoms with Gasteiger partial charge in [0, 0.05) is 6.42 Å².